The molecule has 3 aromatic rings. The number of ether oxygens (including phenoxy) is 1. The van der Waals surface area contributed by atoms with Gasteiger partial charge in [0, 0.05) is 5.69 Å². The van der Waals surface area contributed by atoms with Gasteiger partial charge in [0.15, 0.2) is 0 Å². The van der Waals surface area contributed by atoms with Crippen LogP contribution in [0, 0.1) is 12.8 Å². The van der Waals surface area contributed by atoms with Crippen LogP contribution in [-0.4, -0.2) is 23.5 Å². The van der Waals surface area contributed by atoms with E-state index in [1.54, 1.807) is 24.3 Å². The lowest BCUT2D eigenvalue weighted by molar-refractivity contribution is 0.0459. The van der Waals surface area contributed by atoms with Crippen molar-refractivity contribution in [3.05, 3.63) is 70.9 Å². The molecule has 1 aromatic heterocycles. The van der Waals surface area contributed by atoms with E-state index in [9.17, 15) is 9.59 Å². The van der Waals surface area contributed by atoms with Crippen molar-refractivity contribution in [2.45, 2.75) is 20.8 Å². The van der Waals surface area contributed by atoms with Gasteiger partial charge in [-0.25, -0.2) is 9.78 Å². The number of rotatable bonds is 6. The number of thiazole rings is 1. The molecule has 144 valence electrons. The Morgan fingerprint density at radius 2 is 1.86 bits per heavy atom. The van der Waals surface area contributed by atoms with E-state index in [1.165, 1.54) is 11.3 Å². The predicted octanol–water partition coefficient (Wildman–Crippen LogP) is 5.18. The fourth-order valence-corrected chi connectivity index (χ4v) is 3.53. The minimum Gasteiger partial charge on any atom is -0.462 e. The number of nitrogens with one attached hydrogen (secondary N) is 1. The largest absolute Gasteiger partial charge is 0.462 e. The molecule has 0 saturated heterocycles. The van der Waals surface area contributed by atoms with Crippen LogP contribution < -0.4 is 5.32 Å². The Morgan fingerprint density at radius 1 is 1.11 bits per heavy atom. The zero-order valence-electron chi connectivity index (χ0n) is 16.1. The highest BCUT2D eigenvalue weighted by Crippen LogP contribution is 2.30. The molecule has 0 unspecified atom stereocenters. The number of anilines is 1. The molecular formula is C22H22N2O3S. The maximum absolute atomic E-state index is 12.8. The molecule has 0 saturated carbocycles. The number of hydrogen-bond acceptors (Lipinski definition) is 5. The predicted molar refractivity (Wildman–Crippen MR) is 112 cm³/mol. The number of carbonyl (C=O) groups excluding carboxylic acids is 2. The monoisotopic (exact) mass is 394 g/mol. The summed E-state index contributed by atoms with van der Waals surface area (Å²) in [5, 5.41) is 3.65. The zero-order valence-corrected chi connectivity index (χ0v) is 16.9. The lowest BCUT2D eigenvalue weighted by Gasteiger charge is -2.09. The van der Waals surface area contributed by atoms with Gasteiger partial charge in [0.2, 0.25) is 0 Å². The second-order valence-electron chi connectivity index (χ2n) is 6.80. The Bertz CT molecular complexity index is 980. The van der Waals surface area contributed by atoms with Crippen LogP contribution in [0.4, 0.5) is 5.69 Å². The third kappa shape index (κ3) is 4.84. The molecule has 3 rings (SSSR count). The van der Waals surface area contributed by atoms with Crippen LogP contribution in [0.25, 0.3) is 10.4 Å². The Labute approximate surface area is 168 Å². The van der Waals surface area contributed by atoms with E-state index in [1.807, 2.05) is 51.1 Å². The summed E-state index contributed by atoms with van der Waals surface area (Å²) in [7, 11) is 0. The molecule has 1 heterocycles. The summed E-state index contributed by atoms with van der Waals surface area (Å²) in [6.07, 6.45) is 0. The molecule has 2 aromatic carbocycles. The van der Waals surface area contributed by atoms with E-state index in [0.29, 0.717) is 23.6 Å². The average Bonchev–Trinajstić information content (AvgIpc) is 3.09. The molecule has 0 aliphatic carbocycles. The number of benzene rings is 2. The molecule has 0 aliphatic rings. The number of aromatic nitrogens is 1. The van der Waals surface area contributed by atoms with Crippen LogP contribution in [0.3, 0.4) is 0 Å². The van der Waals surface area contributed by atoms with Gasteiger partial charge < -0.3 is 10.1 Å². The Morgan fingerprint density at radius 3 is 2.57 bits per heavy atom. The van der Waals surface area contributed by atoms with Gasteiger partial charge >= 0.3 is 5.97 Å². The van der Waals surface area contributed by atoms with Gasteiger partial charge in [-0.05, 0) is 36.6 Å². The molecular weight excluding hydrogens is 372 g/mol. The van der Waals surface area contributed by atoms with Crippen molar-refractivity contribution in [1.82, 2.24) is 4.98 Å². The molecule has 0 fully saturated rings. The summed E-state index contributed by atoms with van der Waals surface area (Å²) in [6.45, 7) is 6.18. The van der Waals surface area contributed by atoms with Crippen molar-refractivity contribution >= 4 is 28.9 Å². The highest BCUT2D eigenvalue weighted by atomic mass is 32.1. The smallest absolute Gasteiger partial charge is 0.338 e. The normalized spacial score (nSPS) is 10.7. The molecule has 0 radical (unpaired) electrons. The van der Waals surface area contributed by atoms with Gasteiger partial charge in [0.25, 0.3) is 5.91 Å². The average molecular weight is 394 g/mol. The first-order valence-corrected chi connectivity index (χ1v) is 9.87. The molecule has 6 heteroatoms. The quantitative estimate of drug-likeness (QED) is 0.585. The van der Waals surface area contributed by atoms with Crippen molar-refractivity contribution in [2.75, 3.05) is 11.9 Å². The summed E-state index contributed by atoms with van der Waals surface area (Å²) in [5.74, 6) is -0.452. The first-order chi connectivity index (χ1) is 13.4. The number of aryl methyl sites for hydroxylation is 1. The second kappa shape index (κ2) is 8.80. The number of amides is 1. The van der Waals surface area contributed by atoms with E-state index in [4.69, 9.17) is 4.74 Å². The summed E-state index contributed by atoms with van der Waals surface area (Å²) in [4.78, 5) is 30.2. The summed E-state index contributed by atoms with van der Waals surface area (Å²) < 4.78 is 5.25. The van der Waals surface area contributed by atoms with Gasteiger partial charge in [-0.15, -0.1) is 11.3 Å². The van der Waals surface area contributed by atoms with Gasteiger partial charge in [-0.3, -0.25) is 4.79 Å². The summed E-state index contributed by atoms with van der Waals surface area (Å²) >= 11 is 1.48. The van der Waals surface area contributed by atoms with Gasteiger partial charge in [0.05, 0.1) is 22.1 Å². The van der Waals surface area contributed by atoms with Crippen molar-refractivity contribution in [1.29, 1.82) is 0 Å². The number of carbonyl (C=O) groups is 2. The van der Waals surface area contributed by atoms with Crippen LogP contribution in [0.5, 0.6) is 0 Å². The molecule has 0 atom stereocenters. The highest BCUT2D eigenvalue weighted by Gasteiger charge is 2.19. The third-order valence-corrected chi connectivity index (χ3v) is 4.91. The van der Waals surface area contributed by atoms with Crippen molar-refractivity contribution in [3.8, 4) is 10.4 Å². The van der Waals surface area contributed by atoms with Gasteiger partial charge in [0.1, 0.15) is 5.69 Å². The number of hydrogen-bond donors (Lipinski definition) is 1. The SMILES string of the molecule is Cc1nc(C(=O)Nc2cccc(C(=O)OCC(C)C)c2)c(-c2ccccc2)s1. The number of nitrogens with zero attached hydrogens (tertiary/aromatic N) is 1. The molecule has 5 nitrogen and oxygen atoms in total. The lowest BCUT2D eigenvalue weighted by Crippen LogP contribution is -2.14. The second-order valence-corrected chi connectivity index (χ2v) is 8.01. The summed E-state index contributed by atoms with van der Waals surface area (Å²) in [6, 6.07) is 16.4. The molecule has 28 heavy (non-hydrogen) atoms. The van der Waals surface area contributed by atoms with E-state index in [-0.39, 0.29) is 11.8 Å². The minimum absolute atomic E-state index is 0.260. The molecule has 0 aliphatic heterocycles. The topological polar surface area (TPSA) is 68.3 Å². The van der Waals surface area contributed by atoms with Crippen molar-refractivity contribution in [3.63, 3.8) is 0 Å². The van der Waals surface area contributed by atoms with E-state index < -0.39 is 5.97 Å². The lowest BCUT2D eigenvalue weighted by atomic mass is 10.1. The fraction of sp³-hybridized carbons (Fsp3) is 0.227. The van der Waals surface area contributed by atoms with E-state index in [0.717, 1.165) is 15.4 Å². The first-order valence-electron chi connectivity index (χ1n) is 9.05. The molecule has 0 bridgehead atoms. The minimum atomic E-state index is -0.403. The molecule has 0 spiro atoms. The fourth-order valence-electron chi connectivity index (χ4n) is 2.61. The molecule has 1 amide bonds. The third-order valence-electron chi connectivity index (χ3n) is 3.89. The van der Waals surface area contributed by atoms with Gasteiger partial charge in [-0.2, -0.15) is 0 Å². The Hall–Kier alpha value is -2.99. The summed E-state index contributed by atoms with van der Waals surface area (Å²) in [5.41, 5.74) is 2.25. The van der Waals surface area contributed by atoms with Crippen LogP contribution in [0.15, 0.2) is 54.6 Å². The zero-order chi connectivity index (χ0) is 20.1. The van der Waals surface area contributed by atoms with Crippen LogP contribution >= 0.6 is 11.3 Å². The molecule has 1 N–H and O–H groups in total. The van der Waals surface area contributed by atoms with Crippen molar-refractivity contribution in [2.24, 2.45) is 5.92 Å². The van der Waals surface area contributed by atoms with E-state index in [2.05, 4.69) is 10.3 Å². The van der Waals surface area contributed by atoms with E-state index >= 15 is 0 Å². The van der Waals surface area contributed by atoms with Crippen LogP contribution in [0.2, 0.25) is 0 Å². The standard InChI is InChI=1S/C22H22N2O3S/c1-14(2)13-27-22(26)17-10-7-11-18(12-17)24-21(25)19-20(28-15(3)23-19)16-8-5-4-6-9-16/h4-12,14H,13H2,1-3H3,(H,24,25). The highest BCUT2D eigenvalue weighted by molar-refractivity contribution is 7.15. The number of esters is 1. The maximum atomic E-state index is 12.8. The Balaban J connectivity index is 1.79. The van der Waals surface area contributed by atoms with Gasteiger partial charge in [-0.1, -0.05) is 50.2 Å². The Kier molecular flexibility index (Phi) is 6.21. The van der Waals surface area contributed by atoms with Crippen LogP contribution in [0.1, 0.15) is 39.7 Å². The van der Waals surface area contributed by atoms with Crippen LogP contribution in [-0.2, 0) is 4.74 Å². The maximum Gasteiger partial charge on any atom is 0.338 e. The van der Waals surface area contributed by atoms with Crippen molar-refractivity contribution < 1.29 is 14.3 Å². The first kappa shape index (κ1) is 19.8.